The molecule has 5 heteroatoms. The minimum atomic E-state index is 0.172. The van der Waals surface area contributed by atoms with E-state index in [2.05, 4.69) is 15.6 Å². The van der Waals surface area contributed by atoms with E-state index in [1.165, 1.54) is 0 Å². The van der Waals surface area contributed by atoms with Gasteiger partial charge in [-0.25, -0.2) is 4.98 Å². The fourth-order valence-electron chi connectivity index (χ4n) is 2.73. The molecule has 3 rings (SSSR count). The van der Waals surface area contributed by atoms with Crippen molar-refractivity contribution in [2.24, 2.45) is 0 Å². The van der Waals surface area contributed by atoms with Crippen molar-refractivity contribution in [3.05, 3.63) is 54.4 Å². The lowest BCUT2D eigenvalue weighted by Crippen LogP contribution is -2.11. The zero-order valence-corrected chi connectivity index (χ0v) is 13.8. The molecule has 0 aliphatic carbocycles. The predicted octanol–water partition coefficient (Wildman–Crippen LogP) is 3.05. The van der Waals surface area contributed by atoms with Crippen LogP contribution in [0.2, 0.25) is 0 Å². The predicted molar refractivity (Wildman–Crippen MR) is 93.6 cm³/mol. The van der Waals surface area contributed by atoms with Gasteiger partial charge in [-0.1, -0.05) is 12.1 Å². The summed E-state index contributed by atoms with van der Waals surface area (Å²) in [4.78, 5) is 4.68. The Bertz CT molecular complexity index is 781. The number of fused-ring (bicyclic) bond motifs is 1. The van der Waals surface area contributed by atoms with Gasteiger partial charge in [0, 0.05) is 13.0 Å². The summed E-state index contributed by atoms with van der Waals surface area (Å²) < 4.78 is 13.2. The fourth-order valence-corrected chi connectivity index (χ4v) is 2.73. The summed E-state index contributed by atoms with van der Waals surface area (Å²) in [7, 11) is 1.65. The van der Waals surface area contributed by atoms with Crippen LogP contribution in [0.4, 0.5) is 0 Å². The van der Waals surface area contributed by atoms with Gasteiger partial charge in [0.25, 0.3) is 0 Å². The summed E-state index contributed by atoms with van der Waals surface area (Å²) in [6.45, 7) is 1.44. The van der Waals surface area contributed by atoms with Gasteiger partial charge >= 0.3 is 0 Å². The minimum Gasteiger partial charge on any atom is -0.497 e. The van der Waals surface area contributed by atoms with Crippen LogP contribution in [-0.2, 0) is 13.0 Å². The molecule has 1 aromatic heterocycles. The zero-order valence-electron chi connectivity index (χ0n) is 13.8. The maximum absolute atomic E-state index is 9.09. The summed E-state index contributed by atoms with van der Waals surface area (Å²) in [5.41, 5.74) is 2.08. The number of methoxy groups -OCH3 is 1. The summed E-state index contributed by atoms with van der Waals surface area (Å²) >= 11 is 0. The second kappa shape index (κ2) is 7.84. The van der Waals surface area contributed by atoms with E-state index in [1.807, 2.05) is 42.5 Å². The van der Waals surface area contributed by atoms with E-state index in [1.54, 1.807) is 7.11 Å². The minimum absolute atomic E-state index is 0.172. The number of nitrogens with zero attached hydrogens (tertiary/aromatic N) is 2. The largest absolute Gasteiger partial charge is 0.497 e. The Morgan fingerprint density at radius 2 is 1.79 bits per heavy atom. The number of imidazole rings is 1. The number of ether oxygens (including phenoxy) is 2. The zero-order chi connectivity index (χ0) is 16.8. The van der Waals surface area contributed by atoms with Crippen LogP contribution in [0.25, 0.3) is 11.0 Å². The normalized spacial score (nSPS) is 10.9. The molecule has 1 heterocycles. The average molecular weight is 326 g/mol. The van der Waals surface area contributed by atoms with E-state index in [0.717, 1.165) is 34.8 Å². The lowest BCUT2D eigenvalue weighted by Gasteiger charge is -2.11. The van der Waals surface area contributed by atoms with Crippen molar-refractivity contribution >= 4 is 11.0 Å². The Labute approximate surface area is 141 Å². The van der Waals surface area contributed by atoms with Gasteiger partial charge in [-0.2, -0.15) is 0 Å². The standard InChI is InChI=1S/C19H22N2O3/c1-23-15-8-10-16(11-9-15)24-14-12-21-18-6-3-2-5-17(18)20-19(21)7-4-13-22/h2-3,5-6,8-11,22H,4,7,12-14H2,1H3. The smallest absolute Gasteiger partial charge is 0.119 e. The van der Waals surface area contributed by atoms with Crippen LogP contribution < -0.4 is 9.47 Å². The first kappa shape index (κ1) is 16.3. The quantitative estimate of drug-likeness (QED) is 0.691. The molecule has 0 radical (unpaired) electrons. The van der Waals surface area contributed by atoms with Crippen LogP contribution >= 0.6 is 0 Å². The van der Waals surface area contributed by atoms with Gasteiger partial charge in [0.15, 0.2) is 0 Å². The topological polar surface area (TPSA) is 56.5 Å². The molecule has 0 bridgehead atoms. The molecule has 0 saturated carbocycles. The Hall–Kier alpha value is -2.53. The van der Waals surface area contributed by atoms with Crippen molar-refractivity contribution in [2.45, 2.75) is 19.4 Å². The highest BCUT2D eigenvalue weighted by Gasteiger charge is 2.10. The van der Waals surface area contributed by atoms with Crippen LogP contribution in [-0.4, -0.2) is 35.0 Å². The van der Waals surface area contributed by atoms with E-state index < -0.39 is 0 Å². The molecular weight excluding hydrogens is 304 g/mol. The SMILES string of the molecule is COc1ccc(OCCn2c(CCCO)nc3ccccc32)cc1. The monoisotopic (exact) mass is 326 g/mol. The number of hydrogen-bond donors (Lipinski definition) is 1. The lowest BCUT2D eigenvalue weighted by atomic mass is 10.3. The Kier molecular flexibility index (Phi) is 5.33. The van der Waals surface area contributed by atoms with Gasteiger partial charge in [-0.05, 0) is 42.8 Å². The molecule has 0 unspecified atom stereocenters. The van der Waals surface area contributed by atoms with Gasteiger partial charge in [0.05, 0.1) is 24.7 Å². The summed E-state index contributed by atoms with van der Waals surface area (Å²) in [6.07, 6.45) is 1.47. The number of benzene rings is 2. The molecule has 5 nitrogen and oxygen atoms in total. The number of hydrogen-bond acceptors (Lipinski definition) is 4. The third-order valence-corrected chi connectivity index (χ3v) is 3.94. The van der Waals surface area contributed by atoms with E-state index in [-0.39, 0.29) is 6.61 Å². The van der Waals surface area contributed by atoms with Crippen molar-refractivity contribution in [1.82, 2.24) is 9.55 Å². The highest BCUT2D eigenvalue weighted by Crippen LogP contribution is 2.19. The molecule has 0 aliphatic heterocycles. The highest BCUT2D eigenvalue weighted by molar-refractivity contribution is 5.75. The Balaban J connectivity index is 1.70. The summed E-state index contributed by atoms with van der Waals surface area (Å²) in [5.74, 6) is 2.62. The van der Waals surface area contributed by atoms with Crippen LogP contribution in [0.15, 0.2) is 48.5 Å². The van der Waals surface area contributed by atoms with Crippen LogP contribution in [0.5, 0.6) is 11.5 Å². The van der Waals surface area contributed by atoms with Crippen molar-refractivity contribution < 1.29 is 14.6 Å². The van der Waals surface area contributed by atoms with Crippen LogP contribution in [0.1, 0.15) is 12.2 Å². The van der Waals surface area contributed by atoms with Gasteiger partial charge in [0.1, 0.15) is 23.9 Å². The molecule has 3 aromatic rings. The molecule has 0 fully saturated rings. The number of rotatable bonds is 8. The van der Waals surface area contributed by atoms with Crippen molar-refractivity contribution in [2.75, 3.05) is 20.3 Å². The van der Waals surface area contributed by atoms with Crippen LogP contribution in [0, 0.1) is 0 Å². The molecule has 126 valence electrons. The number of aryl methyl sites for hydroxylation is 1. The van der Waals surface area contributed by atoms with Crippen molar-refractivity contribution in [1.29, 1.82) is 0 Å². The number of aliphatic hydroxyl groups is 1. The van der Waals surface area contributed by atoms with E-state index in [9.17, 15) is 0 Å². The molecular formula is C19H22N2O3. The van der Waals surface area contributed by atoms with E-state index >= 15 is 0 Å². The third kappa shape index (κ3) is 3.68. The first-order valence-electron chi connectivity index (χ1n) is 8.13. The molecule has 0 saturated heterocycles. The second-order valence-corrected chi connectivity index (χ2v) is 5.52. The van der Waals surface area contributed by atoms with Gasteiger partial charge in [0.2, 0.25) is 0 Å². The van der Waals surface area contributed by atoms with E-state index in [4.69, 9.17) is 14.6 Å². The number of para-hydroxylation sites is 2. The molecule has 24 heavy (non-hydrogen) atoms. The fraction of sp³-hybridized carbons (Fsp3) is 0.316. The molecule has 1 N–H and O–H groups in total. The highest BCUT2D eigenvalue weighted by atomic mass is 16.5. The van der Waals surface area contributed by atoms with Crippen LogP contribution in [0.3, 0.4) is 0 Å². The van der Waals surface area contributed by atoms with Crippen molar-refractivity contribution in [3.8, 4) is 11.5 Å². The van der Waals surface area contributed by atoms with Gasteiger partial charge < -0.3 is 19.1 Å². The third-order valence-electron chi connectivity index (χ3n) is 3.94. The molecule has 0 aliphatic rings. The maximum atomic E-state index is 9.09. The molecule has 2 aromatic carbocycles. The van der Waals surface area contributed by atoms with Gasteiger partial charge in [-0.3, -0.25) is 0 Å². The maximum Gasteiger partial charge on any atom is 0.119 e. The number of aromatic nitrogens is 2. The van der Waals surface area contributed by atoms with E-state index in [0.29, 0.717) is 19.6 Å². The first-order chi connectivity index (χ1) is 11.8. The average Bonchev–Trinajstić information content (AvgIpc) is 2.98. The number of aliphatic hydroxyl groups excluding tert-OH is 1. The first-order valence-corrected chi connectivity index (χ1v) is 8.13. The molecule has 0 spiro atoms. The second-order valence-electron chi connectivity index (χ2n) is 5.52. The van der Waals surface area contributed by atoms with Gasteiger partial charge in [-0.15, -0.1) is 0 Å². The molecule has 0 amide bonds. The Morgan fingerprint density at radius 3 is 2.54 bits per heavy atom. The lowest BCUT2D eigenvalue weighted by molar-refractivity contribution is 0.283. The summed E-state index contributed by atoms with van der Waals surface area (Å²) in [6, 6.07) is 15.7. The Morgan fingerprint density at radius 1 is 1.04 bits per heavy atom. The van der Waals surface area contributed by atoms with Crippen molar-refractivity contribution in [3.63, 3.8) is 0 Å². The summed E-state index contributed by atoms with van der Waals surface area (Å²) in [5, 5.41) is 9.09. The molecule has 0 atom stereocenters.